The average Bonchev–Trinajstić information content (AvgIpc) is 3.19. The van der Waals surface area contributed by atoms with E-state index in [-0.39, 0.29) is 29.1 Å². The Kier molecular flexibility index (Phi) is 7.56. The van der Waals surface area contributed by atoms with Crippen molar-refractivity contribution >= 4 is 23.0 Å². The molecule has 0 bridgehead atoms. The van der Waals surface area contributed by atoms with Gasteiger partial charge in [0.2, 0.25) is 0 Å². The monoisotopic (exact) mass is 578 g/mol. The number of alkyl halides is 10. The standard InChI is InChI=1S/C26H16F10N2O2/c27-23(28)26(35,36)40-19-3-1-2-14(12-19)21-13-20(37-17-8-4-15(5-9-17)24(29,30)31)22(39)38(21)18-10-6-16(7-11-18)25(32,33)34/h1-12,21,23H,13H2. The highest BCUT2D eigenvalue weighted by Crippen LogP contribution is 2.40. The van der Waals surface area contributed by atoms with Gasteiger partial charge < -0.3 is 4.74 Å². The van der Waals surface area contributed by atoms with Gasteiger partial charge in [0.25, 0.3) is 5.91 Å². The Bertz CT molecular complexity index is 1400. The highest BCUT2D eigenvalue weighted by molar-refractivity contribution is 6.46. The van der Waals surface area contributed by atoms with Gasteiger partial charge in [-0.15, -0.1) is 0 Å². The van der Waals surface area contributed by atoms with Crippen LogP contribution < -0.4 is 9.64 Å². The lowest BCUT2D eigenvalue weighted by molar-refractivity contribution is -0.253. The zero-order valence-electron chi connectivity index (χ0n) is 19.8. The second kappa shape index (κ2) is 10.5. The normalized spacial score (nSPS) is 17.7. The molecule has 212 valence electrons. The molecule has 1 aliphatic heterocycles. The first-order chi connectivity index (χ1) is 18.6. The largest absolute Gasteiger partial charge is 0.461 e. The molecule has 0 radical (unpaired) electrons. The number of carbonyl (C=O) groups is 1. The molecule has 1 unspecified atom stereocenters. The highest BCUT2D eigenvalue weighted by atomic mass is 19.4. The predicted molar refractivity (Wildman–Crippen MR) is 123 cm³/mol. The van der Waals surface area contributed by atoms with Crippen molar-refractivity contribution < 1.29 is 53.4 Å². The summed E-state index contributed by atoms with van der Waals surface area (Å²) in [5.74, 6) is -1.50. The SMILES string of the molecule is O=C1C(=Nc2ccc(C(F)(F)F)cc2)CC(c2cccc(OC(F)(F)C(F)F)c2)N1c1ccc(C(F)(F)F)cc1. The molecule has 0 aromatic heterocycles. The van der Waals surface area contributed by atoms with Crippen LogP contribution in [0.4, 0.5) is 55.3 Å². The summed E-state index contributed by atoms with van der Waals surface area (Å²) in [6.45, 7) is 0. The van der Waals surface area contributed by atoms with E-state index in [0.717, 1.165) is 53.4 Å². The van der Waals surface area contributed by atoms with Crippen molar-refractivity contribution in [1.82, 2.24) is 0 Å². The average molecular weight is 578 g/mol. The second-order valence-electron chi connectivity index (χ2n) is 8.58. The molecule has 0 saturated carbocycles. The molecule has 1 amide bonds. The van der Waals surface area contributed by atoms with Crippen LogP contribution in [0.5, 0.6) is 5.75 Å². The Labute approximate surface area is 219 Å². The quantitative estimate of drug-likeness (QED) is 0.277. The van der Waals surface area contributed by atoms with Crippen LogP contribution in [0.25, 0.3) is 0 Å². The van der Waals surface area contributed by atoms with Crippen LogP contribution in [0.1, 0.15) is 29.2 Å². The van der Waals surface area contributed by atoms with Crippen molar-refractivity contribution in [1.29, 1.82) is 0 Å². The van der Waals surface area contributed by atoms with Gasteiger partial charge in [-0.3, -0.25) is 9.69 Å². The summed E-state index contributed by atoms with van der Waals surface area (Å²) >= 11 is 0. The first kappa shape index (κ1) is 28.9. The molecule has 1 atom stereocenters. The molecule has 1 aliphatic rings. The molecule has 1 heterocycles. The number of halogens is 10. The third kappa shape index (κ3) is 6.20. The Morgan fingerprint density at radius 2 is 1.35 bits per heavy atom. The fourth-order valence-electron chi connectivity index (χ4n) is 3.98. The lowest BCUT2D eigenvalue weighted by Crippen LogP contribution is -2.33. The van der Waals surface area contributed by atoms with E-state index in [9.17, 15) is 48.7 Å². The van der Waals surface area contributed by atoms with Crippen LogP contribution in [0, 0.1) is 0 Å². The first-order valence-electron chi connectivity index (χ1n) is 11.3. The van der Waals surface area contributed by atoms with Crippen molar-refractivity contribution in [3.63, 3.8) is 0 Å². The summed E-state index contributed by atoms with van der Waals surface area (Å²) in [5, 5.41) is 0. The summed E-state index contributed by atoms with van der Waals surface area (Å²) in [6.07, 6.45) is -18.5. The van der Waals surface area contributed by atoms with Crippen molar-refractivity contribution in [3.05, 3.63) is 89.5 Å². The Morgan fingerprint density at radius 3 is 1.88 bits per heavy atom. The van der Waals surface area contributed by atoms with Crippen LogP contribution in [0.2, 0.25) is 0 Å². The third-order valence-electron chi connectivity index (χ3n) is 5.85. The number of benzene rings is 3. The molecular weight excluding hydrogens is 562 g/mol. The van der Waals surface area contributed by atoms with Gasteiger partial charge in [-0.05, 0) is 66.2 Å². The number of rotatable bonds is 6. The van der Waals surface area contributed by atoms with E-state index in [0.29, 0.717) is 12.1 Å². The minimum absolute atomic E-state index is 0.0296. The van der Waals surface area contributed by atoms with Crippen molar-refractivity contribution in [3.8, 4) is 5.75 Å². The van der Waals surface area contributed by atoms with Crippen molar-refractivity contribution in [2.24, 2.45) is 4.99 Å². The minimum atomic E-state index is -4.83. The number of hydrogen-bond acceptors (Lipinski definition) is 3. The van der Waals surface area contributed by atoms with E-state index in [1.54, 1.807) is 0 Å². The lowest BCUT2D eigenvalue weighted by atomic mass is 10.0. The maximum atomic E-state index is 13.5. The smallest absolute Gasteiger partial charge is 0.428 e. The van der Waals surface area contributed by atoms with E-state index >= 15 is 0 Å². The van der Waals surface area contributed by atoms with Crippen LogP contribution in [-0.2, 0) is 17.1 Å². The maximum Gasteiger partial charge on any atom is 0.461 e. The molecule has 4 rings (SSSR count). The first-order valence-corrected chi connectivity index (χ1v) is 11.3. The molecule has 0 spiro atoms. The van der Waals surface area contributed by atoms with Gasteiger partial charge in [0.1, 0.15) is 11.5 Å². The second-order valence-corrected chi connectivity index (χ2v) is 8.58. The fourth-order valence-corrected chi connectivity index (χ4v) is 3.98. The van der Waals surface area contributed by atoms with Crippen LogP contribution >= 0.6 is 0 Å². The Hall–Kier alpha value is -4.10. The van der Waals surface area contributed by atoms with Gasteiger partial charge in [-0.25, -0.2) is 4.99 Å². The molecular formula is C26H16F10N2O2. The summed E-state index contributed by atoms with van der Waals surface area (Å²) in [7, 11) is 0. The number of aliphatic imine (C=N–C) groups is 1. The van der Waals surface area contributed by atoms with Crippen molar-refractivity contribution in [2.45, 2.75) is 37.3 Å². The summed E-state index contributed by atoms with van der Waals surface area (Å²) in [5.41, 5.74) is -2.15. The van der Waals surface area contributed by atoms with Gasteiger partial charge >= 0.3 is 24.9 Å². The zero-order chi connectivity index (χ0) is 29.5. The van der Waals surface area contributed by atoms with Crippen LogP contribution in [-0.4, -0.2) is 24.2 Å². The minimum Gasteiger partial charge on any atom is -0.428 e. The van der Waals surface area contributed by atoms with Gasteiger partial charge in [-0.1, -0.05) is 12.1 Å². The molecule has 0 N–H and O–H groups in total. The number of hydrogen-bond donors (Lipinski definition) is 0. The maximum absolute atomic E-state index is 13.5. The van der Waals surface area contributed by atoms with Gasteiger partial charge in [0.15, 0.2) is 0 Å². The van der Waals surface area contributed by atoms with Crippen LogP contribution in [0.15, 0.2) is 77.8 Å². The fraction of sp³-hybridized carbons (Fsp3) is 0.231. The molecule has 14 heteroatoms. The van der Waals surface area contributed by atoms with E-state index < -0.39 is 53.7 Å². The molecule has 3 aromatic rings. The van der Waals surface area contributed by atoms with E-state index in [1.165, 1.54) is 12.1 Å². The number of anilines is 1. The Balaban J connectivity index is 1.74. The van der Waals surface area contributed by atoms with E-state index in [2.05, 4.69) is 9.73 Å². The molecule has 3 aromatic carbocycles. The van der Waals surface area contributed by atoms with Gasteiger partial charge in [0.05, 0.1) is 22.9 Å². The van der Waals surface area contributed by atoms with Gasteiger partial charge in [0, 0.05) is 12.1 Å². The van der Waals surface area contributed by atoms with E-state index in [1.807, 2.05) is 0 Å². The molecule has 4 nitrogen and oxygen atoms in total. The lowest BCUT2D eigenvalue weighted by Gasteiger charge is -2.25. The summed E-state index contributed by atoms with van der Waals surface area (Å²) in [6, 6.07) is 10.3. The molecule has 1 fully saturated rings. The number of ether oxygens (including phenoxy) is 1. The van der Waals surface area contributed by atoms with E-state index in [4.69, 9.17) is 0 Å². The highest BCUT2D eigenvalue weighted by Gasteiger charge is 2.44. The molecule has 40 heavy (non-hydrogen) atoms. The van der Waals surface area contributed by atoms with Crippen molar-refractivity contribution in [2.75, 3.05) is 4.90 Å². The number of nitrogens with zero attached hydrogens (tertiary/aromatic N) is 2. The zero-order valence-corrected chi connectivity index (χ0v) is 19.8. The molecule has 0 aliphatic carbocycles. The number of amides is 1. The summed E-state index contributed by atoms with van der Waals surface area (Å²) < 4.78 is 134. The number of carbonyl (C=O) groups excluding carboxylic acids is 1. The molecule has 1 saturated heterocycles. The predicted octanol–water partition coefficient (Wildman–Crippen LogP) is 8.21. The van der Waals surface area contributed by atoms with Gasteiger partial charge in [-0.2, -0.15) is 43.9 Å². The summed E-state index contributed by atoms with van der Waals surface area (Å²) in [4.78, 5) is 18.5. The topological polar surface area (TPSA) is 41.9 Å². The van der Waals surface area contributed by atoms with Crippen LogP contribution in [0.3, 0.4) is 0 Å². The third-order valence-corrected chi connectivity index (χ3v) is 5.85. The Morgan fingerprint density at radius 1 is 0.800 bits per heavy atom.